The van der Waals surface area contributed by atoms with Crippen molar-refractivity contribution in [1.29, 1.82) is 0 Å². The van der Waals surface area contributed by atoms with E-state index in [-0.39, 0.29) is 11.8 Å². The number of hydrogen-bond acceptors (Lipinski definition) is 2. The van der Waals surface area contributed by atoms with Crippen molar-refractivity contribution in [3.05, 3.63) is 64.1 Å². The van der Waals surface area contributed by atoms with E-state index in [1.165, 1.54) is 25.0 Å². The zero-order valence-corrected chi connectivity index (χ0v) is 13.5. The monoisotopic (exact) mass is 345 g/mol. The van der Waals surface area contributed by atoms with Crippen molar-refractivity contribution in [1.82, 2.24) is 14.6 Å². The van der Waals surface area contributed by atoms with Gasteiger partial charge in [0, 0.05) is 17.5 Å². The first-order valence-electron chi connectivity index (χ1n) is 8.11. The molecule has 0 spiro atoms. The number of imidazole rings is 1. The van der Waals surface area contributed by atoms with Gasteiger partial charge in [0.25, 0.3) is 0 Å². The van der Waals surface area contributed by atoms with Crippen molar-refractivity contribution in [3.63, 3.8) is 0 Å². The standard InChI is InChI=1S/C18H14ClF2N3/c19-17-7-14(18-22-16(9-1-2-9)8-24(18)23-17)13-6-12(13)11-4-3-10(20)5-15(11)21/h3-5,7-9,12-13H,1-2,6H2. The molecule has 0 bridgehead atoms. The summed E-state index contributed by atoms with van der Waals surface area (Å²) in [4.78, 5) is 4.73. The molecule has 5 rings (SSSR count). The zero-order chi connectivity index (χ0) is 16.4. The molecule has 6 heteroatoms. The van der Waals surface area contributed by atoms with E-state index in [2.05, 4.69) is 5.10 Å². The molecule has 2 aliphatic carbocycles. The summed E-state index contributed by atoms with van der Waals surface area (Å²) in [5, 5.41) is 4.71. The Bertz CT molecular complexity index is 964. The second-order valence-corrected chi connectivity index (χ2v) is 7.13. The Morgan fingerprint density at radius 2 is 1.88 bits per heavy atom. The Morgan fingerprint density at radius 3 is 2.62 bits per heavy atom. The number of hydrogen-bond donors (Lipinski definition) is 0. The Labute approximate surface area is 142 Å². The molecule has 2 saturated carbocycles. The maximum absolute atomic E-state index is 14.0. The van der Waals surface area contributed by atoms with E-state index in [4.69, 9.17) is 16.6 Å². The lowest BCUT2D eigenvalue weighted by atomic mass is 10.1. The number of aromatic nitrogens is 3. The summed E-state index contributed by atoms with van der Waals surface area (Å²) in [6.45, 7) is 0. The third-order valence-electron chi connectivity index (χ3n) is 4.99. The van der Waals surface area contributed by atoms with Crippen molar-refractivity contribution >= 4 is 17.2 Å². The lowest BCUT2D eigenvalue weighted by Gasteiger charge is -2.05. The highest BCUT2D eigenvalue weighted by Crippen LogP contribution is 2.56. The fraction of sp³-hybridized carbons (Fsp3) is 0.333. The van der Waals surface area contributed by atoms with Crippen molar-refractivity contribution in [2.45, 2.75) is 37.0 Å². The van der Waals surface area contributed by atoms with Crippen molar-refractivity contribution in [2.24, 2.45) is 0 Å². The van der Waals surface area contributed by atoms with Gasteiger partial charge >= 0.3 is 0 Å². The molecule has 2 fully saturated rings. The minimum absolute atomic E-state index is 0.0361. The van der Waals surface area contributed by atoms with Gasteiger partial charge in [-0.15, -0.1) is 0 Å². The van der Waals surface area contributed by atoms with Gasteiger partial charge in [-0.1, -0.05) is 17.7 Å². The normalized spacial score (nSPS) is 23.0. The molecule has 0 saturated heterocycles. The summed E-state index contributed by atoms with van der Waals surface area (Å²) in [6.07, 6.45) is 5.09. The Morgan fingerprint density at radius 1 is 1.08 bits per heavy atom. The molecule has 0 aliphatic heterocycles. The molecule has 2 atom stereocenters. The van der Waals surface area contributed by atoms with Crippen LogP contribution >= 0.6 is 11.6 Å². The molecule has 2 aliphatic rings. The van der Waals surface area contributed by atoms with E-state index in [0.717, 1.165) is 29.4 Å². The fourth-order valence-corrected chi connectivity index (χ4v) is 3.72. The largest absolute Gasteiger partial charge is 0.231 e. The van der Waals surface area contributed by atoms with Gasteiger partial charge in [0.1, 0.15) is 16.8 Å². The summed E-state index contributed by atoms with van der Waals surface area (Å²) in [6, 6.07) is 5.62. The molecule has 0 N–H and O–H groups in total. The predicted molar refractivity (Wildman–Crippen MR) is 86.4 cm³/mol. The molecule has 2 heterocycles. The van der Waals surface area contributed by atoms with Crippen LogP contribution in [-0.4, -0.2) is 14.6 Å². The summed E-state index contributed by atoms with van der Waals surface area (Å²) in [7, 11) is 0. The minimum Gasteiger partial charge on any atom is -0.231 e. The lowest BCUT2D eigenvalue weighted by molar-refractivity contribution is 0.572. The highest BCUT2D eigenvalue weighted by Gasteiger charge is 2.43. The molecular formula is C18H14ClF2N3. The number of fused-ring (bicyclic) bond motifs is 1. The third-order valence-corrected chi connectivity index (χ3v) is 5.17. The number of nitrogens with zero attached hydrogens (tertiary/aromatic N) is 3. The number of benzene rings is 1. The van der Waals surface area contributed by atoms with Crippen LogP contribution in [0.4, 0.5) is 8.78 Å². The first-order chi connectivity index (χ1) is 11.6. The van der Waals surface area contributed by atoms with Crippen LogP contribution in [0, 0.1) is 11.6 Å². The Balaban J connectivity index is 1.55. The number of rotatable bonds is 3. The van der Waals surface area contributed by atoms with Crippen molar-refractivity contribution < 1.29 is 8.78 Å². The van der Waals surface area contributed by atoms with Crippen LogP contribution < -0.4 is 0 Å². The molecule has 0 radical (unpaired) electrons. The molecule has 24 heavy (non-hydrogen) atoms. The first-order valence-corrected chi connectivity index (χ1v) is 8.48. The molecule has 122 valence electrons. The summed E-state index contributed by atoms with van der Waals surface area (Å²) in [5.74, 6) is -0.329. The Kier molecular flexibility index (Phi) is 2.98. The van der Waals surface area contributed by atoms with Gasteiger partial charge in [-0.05, 0) is 48.8 Å². The van der Waals surface area contributed by atoms with Crippen LogP contribution in [0.1, 0.15) is 53.8 Å². The van der Waals surface area contributed by atoms with Gasteiger partial charge in [0.2, 0.25) is 0 Å². The molecule has 0 amide bonds. The smallest absolute Gasteiger partial charge is 0.157 e. The maximum atomic E-state index is 14.0. The van der Waals surface area contributed by atoms with E-state index in [0.29, 0.717) is 16.6 Å². The van der Waals surface area contributed by atoms with Crippen LogP contribution in [0.5, 0.6) is 0 Å². The van der Waals surface area contributed by atoms with E-state index in [1.807, 2.05) is 12.3 Å². The zero-order valence-electron chi connectivity index (χ0n) is 12.7. The maximum Gasteiger partial charge on any atom is 0.157 e. The van der Waals surface area contributed by atoms with Crippen molar-refractivity contribution in [3.8, 4) is 0 Å². The highest BCUT2D eigenvalue weighted by atomic mass is 35.5. The SMILES string of the molecule is Fc1ccc(C2CC2c2cc(Cl)nn3cc(C4CC4)nc23)c(F)c1. The average Bonchev–Trinajstić information content (AvgIpc) is 3.44. The first kappa shape index (κ1) is 14.3. The third kappa shape index (κ3) is 2.30. The second kappa shape index (κ2) is 4.99. The molecule has 2 unspecified atom stereocenters. The predicted octanol–water partition coefficient (Wildman–Crippen LogP) is 4.81. The van der Waals surface area contributed by atoms with Crippen LogP contribution in [0.25, 0.3) is 5.65 Å². The van der Waals surface area contributed by atoms with Gasteiger partial charge in [0.05, 0.1) is 11.9 Å². The van der Waals surface area contributed by atoms with Crippen LogP contribution in [0.2, 0.25) is 5.15 Å². The van der Waals surface area contributed by atoms with Crippen LogP contribution in [0.15, 0.2) is 30.5 Å². The molecule has 3 nitrogen and oxygen atoms in total. The highest BCUT2D eigenvalue weighted by molar-refractivity contribution is 6.29. The van der Waals surface area contributed by atoms with E-state index in [1.54, 1.807) is 4.52 Å². The molecule has 3 aromatic rings. The summed E-state index contributed by atoms with van der Waals surface area (Å²) in [5.41, 5.74) is 3.41. The van der Waals surface area contributed by atoms with E-state index >= 15 is 0 Å². The number of halogens is 3. The van der Waals surface area contributed by atoms with E-state index < -0.39 is 11.6 Å². The Hall–Kier alpha value is -2.01. The molecule has 1 aromatic carbocycles. The average molecular weight is 346 g/mol. The topological polar surface area (TPSA) is 30.2 Å². The lowest BCUT2D eigenvalue weighted by Crippen LogP contribution is -1.97. The molecule has 2 aromatic heterocycles. The van der Waals surface area contributed by atoms with Gasteiger partial charge < -0.3 is 0 Å². The van der Waals surface area contributed by atoms with Gasteiger partial charge in [-0.2, -0.15) is 5.10 Å². The summed E-state index contributed by atoms with van der Waals surface area (Å²) >= 11 is 6.16. The van der Waals surface area contributed by atoms with E-state index in [9.17, 15) is 8.78 Å². The van der Waals surface area contributed by atoms with Gasteiger partial charge in [-0.3, -0.25) is 0 Å². The van der Waals surface area contributed by atoms with Crippen molar-refractivity contribution in [2.75, 3.05) is 0 Å². The van der Waals surface area contributed by atoms with Gasteiger partial charge in [0.15, 0.2) is 5.65 Å². The second-order valence-electron chi connectivity index (χ2n) is 6.75. The van der Waals surface area contributed by atoms with Gasteiger partial charge in [-0.25, -0.2) is 18.3 Å². The quantitative estimate of drug-likeness (QED) is 0.682. The van der Waals surface area contributed by atoms with Crippen LogP contribution in [0.3, 0.4) is 0 Å². The van der Waals surface area contributed by atoms with Crippen LogP contribution in [-0.2, 0) is 0 Å². The fourth-order valence-electron chi connectivity index (χ4n) is 3.52. The molecular weight excluding hydrogens is 332 g/mol. The minimum atomic E-state index is -0.551. The summed E-state index contributed by atoms with van der Waals surface area (Å²) < 4.78 is 28.9.